The highest BCUT2D eigenvalue weighted by Crippen LogP contribution is 2.25. The number of hydrogen-bond acceptors (Lipinski definition) is 6. The predicted octanol–water partition coefficient (Wildman–Crippen LogP) is 0.954. The molecular formula is C17H27N7O. The number of aromatic nitrogens is 5. The number of rotatable bonds is 5. The first-order valence-corrected chi connectivity index (χ1v) is 9.15. The summed E-state index contributed by atoms with van der Waals surface area (Å²) in [6.07, 6.45) is 2.22. The molecule has 8 nitrogen and oxygen atoms in total. The van der Waals surface area contributed by atoms with Crippen molar-refractivity contribution in [3.8, 4) is 0 Å². The third-order valence-electron chi connectivity index (χ3n) is 5.23. The number of morpholine rings is 1. The highest BCUT2D eigenvalue weighted by Gasteiger charge is 2.24. The van der Waals surface area contributed by atoms with E-state index < -0.39 is 0 Å². The molecule has 0 aliphatic carbocycles. The van der Waals surface area contributed by atoms with E-state index in [0.717, 1.165) is 63.2 Å². The van der Waals surface area contributed by atoms with Gasteiger partial charge < -0.3 is 19.5 Å². The molecule has 2 aromatic rings. The van der Waals surface area contributed by atoms with Crippen LogP contribution in [0, 0.1) is 6.92 Å². The van der Waals surface area contributed by atoms with Gasteiger partial charge in [-0.15, -0.1) is 10.2 Å². The van der Waals surface area contributed by atoms with E-state index in [1.54, 1.807) is 0 Å². The third kappa shape index (κ3) is 3.04. The Balaban J connectivity index is 1.50. The van der Waals surface area contributed by atoms with E-state index in [9.17, 15) is 0 Å². The van der Waals surface area contributed by atoms with Crippen LogP contribution in [0.3, 0.4) is 0 Å². The molecule has 0 spiro atoms. The van der Waals surface area contributed by atoms with E-state index in [1.165, 1.54) is 17.8 Å². The number of fused-ring (bicyclic) bond motifs is 1. The lowest BCUT2D eigenvalue weighted by Crippen LogP contribution is -2.38. The van der Waals surface area contributed by atoms with E-state index in [2.05, 4.69) is 43.9 Å². The van der Waals surface area contributed by atoms with E-state index in [0.29, 0.717) is 0 Å². The number of ether oxygens (including phenoxy) is 1. The van der Waals surface area contributed by atoms with Gasteiger partial charge in [-0.1, -0.05) is 0 Å². The lowest BCUT2D eigenvalue weighted by atomic mass is 10.2. The number of nitrogens with zero attached hydrogens (tertiary/aromatic N) is 6. The molecule has 0 bridgehead atoms. The lowest BCUT2D eigenvalue weighted by Gasteiger charge is -2.29. The average Bonchev–Trinajstić information content (AvgIpc) is 3.28. The van der Waals surface area contributed by atoms with Crippen molar-refractivity contribution in [2.24, 2.45) is 7.05 Å². The van der Waals surface area contributed by atoms with Gasteiger partial charge in [-0.05, 0) is 20.3 Å². The predicted molar refractivity (Wildman–Crippen MR) is 94.6 cm³/mol. The second-order valence-corrected chi connectivity index (χ2v) is 6.94. The normalized spacial score (nSPS) is 18.6. The molecule has 2 aliphatic rings. The van der Waals surface area contributed by atoms with E-state index in [-0.39, 0.29) is 6.04 Å². The van der Waals surface area contributed by atoms with E-state index in [1.807, 2.05) is 11.7 Å². The van der Waals surface area contributed by atoms with Crippen molar-refractivity contribution >= 4 is 5.82 Å². The third-order valence-corrected chi connectivity index (χ3v) is 5.23. The second-order valence-electron chi connectivity index (χ2n) is 6.94. The smallest absolute Gasteiger partial charge is 0.149 e. The SMILES string of the molecule is Cc1nn(C)c(N2CCOCC2)c1CN[C@H](C)c1nnc2n1CCC2. The maximum absolute atomic E-state index is 5.49. The molecule has 25 heavy (non-hydrogen) atoms. The Kier molecular flexibility index (Phi) is 4.47. The molecule has 2 aliphatic heterocycles. The molecule has 4 rings (SSSR count). The summed E-state index contributed by atoms with van der Waals surface area (Å²) in [6, 6.07) is 0.163. The fraction of sp³-hybridized carbons (Fsp3) is 0.706. The first-order chi connectivity index (χ1) is 12.1. The second kappa shape index (κ2) is 6.76. The van der Waals surface area contributed by atoms with Gasteiger partial charge in [0.2, 0.25) is 0 Å². The maximum Gasteiger partial charge on any atom is 0.149 e. The summed E-state index contributed by atoms with van der Waals surface area (Å²) in [5.74, 6) is 3.36. The molecule has 0 unspecified atom stereocenters. The van der Waals surface area contributed by atoms with Crippen molar-refractivity contribution in [2.75, 3.05) is 31.2 Å². The fourth-order valence-corrected chi connectivity index (χ4v) is 3.91. The highest BCUT2D eigenvalue weighted by molar-refractivity contribution is 5.50. The quantitative estimate of drug-likeness (QED) is 0.870. The zero-order valence-electron chi connectivity index (χ0n) is 15.3. The Hall–Kier alpha value is -1.93. The highest BCUT2D eigenvalue weighted by atomic mass is 16.5. The van der Waals surface area contributed by atoms with Crippen LogP contribution < -0.4 is 10.2 Å². The molecule has 1 atom stereocenters. The molecule has 136 valence electrons. The van der Waals surface area contributed by atoms with Gasteiger partial charge in [0, 0.05) is 45.2 Å². The summed E-state index contributed by atoms with van der Waals surface area (Å²) in [6.45, 7) is 9.44. The monoisotopic (exact) mass is 345 g/mol. The summed E-state index contributed by atoms with van der Waals surface area (Å²) < 4.78 is 9.75. The summed E-state index contributed by atoms with van der Waals surface area (Å²) in [5, 5.41) is 17.0. The fourth-order valence-electron chi connectivity index (χ4n) is 3.91. The minimum atomic E-state index is 0.163. The van der Waals surface area contributed by atoms with E-state index >= 15 is 0 Å². The number of anilines is 1. The molecule has 0 aromatic carbocycles. The van der Waals surface area contributed by atoms with Crippen LogP contribution in [-0.4, -0.2) is 50.8 Å². The van der Waals surface area contributed by atoms with Crippen LogP contribution in [0.15, 0.2) is 0 Å². The average molecular weight is 345 g/mol. The molecule has 1 N–H and O–H groups in total. The molecule has 1 fully saturated rings. The largest absolute Gasteiger partial charge is 0.378 e. The first-order valence-electron chi connectivity index (χ1n) is 9.15. The Morgan fingerprint density at radius 1 is 1.20 bits per heavy atom. The van der Waals surface area contributed by atoms with Crippen molar-refractivity contribution in [1.29, 1.82) is 0 Å². The summed E-state index contributed by atoms with van der Waals surface area (Å²) >= 11 is 0. The van der Waals surface area contributed by atoms with Crippen LogP contribution in [0.25, 0.3) is 0 Å². The molecule has 0 amide bonds. The first kappa shape index (κ1) is 16.5. The Morgan fingerprint density at radius 3 is 2.80 bits per heavy atom. The number of nitrogens with one attached hydrogen (secondary N) is 1. The summed E-state index contributed by atoms with van der Waals surface area (Å²) in [4.78, 5) is 2.37. The molecular weight excluding hydrogens is 318 g/mol. The van der Waals surface area contributed by atoms with Gasteiger partial charge in [-0.25, -0.2) is 0 Å². The molecule has 0 radical (unpaired) electrons. The van der Waals surface area contributed by atoms with Crippen molar-refractivity contribution in [1.82, 2.24) is 29.9 Å². The molecule has 0 saturated carbocycles. The van der Waals surface area contributed by atoms with Crippen LogP contribution >= 0.6 is 0 Å². The summed E-state index contributed by atoms with van der Waals surface area (Å²) in [5.41, 5.74) is 2.34. The van der Waals surface area contributed by atoms with Crippen LogP contribution in [0.4, 0.5) is 5.82 Å². The standard InChI is InChI=1S/C17H27N7O/c1-12-14(17(22(3)21-12)23-7-9-25-10-8-23)11-18-13(2)16-20-19-15-5-4-6-24(15)16/h13,18H,4-11H2,1-3H3/t13-/m1/s1. The van der Waals surface area contributed by atoms with Crippen molar-refractivity contribution < 1.29 is 4.74 Å². The molecule has 1 saturated heterocycles. The van der Waals surface area contributed by atoms with Crippen molar-refractivity contribution in [3.63, 3.8) is 0 Å². The minimum Gasteiger partial charge on any atom is -0.378 e. The lowest BCUT2D eigenvalue weighted by molar-refractivity contribution is 0.122. The number of aryl methyl sites for hydroxylation is 3. The zero-order chi connectivity index (χ0) is 17.4. The van der Waals surface area contributed by atoms with Gasteiger partial charge in [0.25, 0.3) is 0 Å². The topological polar surface area (TPSA) is 73.0 Å². The van der Waals surface area contributed by atoms with Crippen LogP contribution in [0.5, 0.6) is 0 Å². The van der Waals surface area contributed by atoms with Gasteiger partial charge in [0.05, 0.1) is 24.9 Å². The van der Waals surface area contributed by atoms with Crippen LogP contribution in [-0.2, 0) is 31.3 Å². The number of hydrogen-bond donors (Lipinski definition) is 1. The van der Waals surface area contributed by atoms with Crippen LogP contribution in [0.2, 0.25) is 0 Å². The zero-order valence-corrected chi connectivity index (χ0v) is 15.3. The Morgan fingerprint density at radius 2 is 2.00 bits per heavy atom. The minimum absolute atomic E-state index is 0.163. The van der Waals surface area contributed by atoms with Crippen molar-refractivity contribution in [3.05, 3.63) is 22.9 Å². The van der Waals surface area contributed by atoms with Gasteiger partial charge in [-0.2, -0.15) is 5.10 Å². The maximum atomic E-state index is 5.49. The molecule has 2 aromatic heterocycles. The van der Waals surface area contributed by atoms with Gasteiger partial charge >= 0.3 is 0 Å². The Labute approximate surface area is 148 Å². The van der Waals surface area contributed by atoms with Crippen molar-refractivity contribution in [2.45, 2.75) is 45.8 Å². The Bertz CT molecular complexity index is 745. The van der Waals surface area contributed by atoms with Crippen LogP contribution in [0.1, 0.15) is 42.3 Å². The van der Waals surface area contributed by atoms with E-state index in [4.69, 9.17) is 4.74 Å². The summed E-state index contributed by atoms with van der Waals surface area (Å²) in [7, 11) is 2.02. The van der Waals surface area contributed by atoms with Gasteiger partial charge in [0.1, 0.15) is 17.5 Å². The van der Waals surface area contributed by atoms with Gasteiger partial charge in [0.15, 0.2) is 0 Å². The molecule has 8 heteroatoms. The van der Waals surface area contributed by atoms with Gasteiger partial charge in [-0.3, -0.25) is 4.68 Å². The molecule has 4 heterocycles.